The number of alkyl carbamates (subject to hydrolysis) is 1. The van der Waals surface area contributed by atoms with E-state index >= 15 is 0 Å². The van der Waals surface area contributed by atoms with Crippen LogP contribution in [0.15, 0.2) is 12.7 Å². The van der Waals surface area contributed by atoms with Crippen LogP contribution in [0.2, 0.25) is 0 Å². The molecule has 1 saturated carbocycles. The van der Waals surface area contributed by atoms with E-state index in [-0.39, 0.29) is 18.9 Å². The maximum Gasteiger partial charge on any atom is 0.407 e. The third-order valence-corrected chi connectivity index (χ3v) is 2.72. The van der Waals surface area contributed by atoms with E-state index in [1.165, 1.54) is 6.08 Å². The van der Waals surface area contributed by atoms with Gasteiger partial charge in [-0.3, -0.25) is 4.79 Å². The lowest BCUT2D eigenvalue weighted by Crippen LogP contribution is -2.49. The van der Waals surface area contributed by atoms with E-state index in [4.69, 9.17) is 9.84 Å². The quantitative estimate of drug-likeness (QED) is 0.675. The van der Waals surface area contributed by atoms with E-state index in [2.05, 4.69) is 11.9 Å². The maximum atomic E-state index is 11.4. The minimum Gasteiger partial charge on any atom is -0.481 e. The monoisotopic (exact) mass is 227 g/mol. The van der Waals surface area contributed by atoms with Crippen LogP contribution in [-0.4, -0.2) is 29.3 Å². The van der Waals surface area contributed by atoms with E-state index in [1.54, 1.807) is 6.92 Å². The van der Waals surface area contributed by atoms with E-state index < -0.39 is 17.6 Å². The minimum absolute atomic E-state index is 0.0825. The molecule has 1 atom stereocenters. The molecule has 0 bridgehead atoms. The predicted octanol–water partition coefficient (Wildman–Crippen LogP) is 1.54. The highest BCUT2D eigenvalue weighted by Crippen LogP contribution is 2.41. The lowest BCUT2D eigenvalue weighted by Gasteiger charge is -2.28. The molecular formula is C11H17NO4. The van der Waals surface area contributed by atoms with Crippen molar-refractivity contribution < 1.29 is 19.4 Å². The Morgan fingerprint density at radius 2 is 2.25 bits per heavy atom. The summed E-state index contributed by atoms with van der Waals surface area (Å²) in [6, 6.07) is 0. The van der Waals surface area contributed by atoms with Gasteiger partial charge in [-0.1, -0.05) is 12.7 Å². The average Bonchev–Trinajstić information content (AvgIpc) is 2.96. The van der Waals surface area contributed by atoms with Crippen molar-refractivity contribution in [3.05, 3.63) is 12.7 Å². The number of nitrogens with one attached hydrogen (secondary N) is 1. The van der Waals surface area contributed by atoms with E-state index in [0.717, 1.165) is 12.8 Å². The Morgan fingerprint density at radius 1 is 1.62 bits per heavy atom. The number of carboxylic acid groups (broad SMARTS) is 1. The first-order valence-corrected chi connectivity index (χ1v) is 5.25. The molecule has 90 valence electrons. The van der Waals surface area contributed by atoms with Gasteiger partial charge in [-0.25, -0.2) is 4.79 Å². The van der Waals surface area contributed by atoms with Crippen molar-refractivity contribution in [2.45, 2.75) is 31.7 Å². The molecule has 0 heterocycles. The first-order valence-electron chi connectivity index (χ1n) is 5.25. The molecule has 1 rings (SSSR count). The molecule has 0 spiro atoms. The van der Waals surface area contributed by atoms with Crippen LogP contribution in [0.5, 0.6) is 0 Å². The molecule has 1 unspecified atom stereocenters. The summed E-state index contributed by atoms with van der Waals surface area (Å²) in [7, 11) is 0. The smallest absolute Gasteiger partial charge is 0.407 e. The molecule has 0 saturated heterocycles. The van der Waals surface area contributed by atoms with Gasteiger partial charge in [0.05, 0.1) is 12.0 Å². The van der Waals surface area contributed by atoms with Crippen LogP contribution >= 0.6 is 0 Å². The third kappa shape index (κ3) is 3.56. The Labute approximate surface area is 94.5 Å². The number of carbonyl (C=O) groups excluding carboxylic acids is 1. The van der Waals surface area contributed by atoms with Crippen molar-refractivity contribution in [1.82, 2.24) is 5.32 Å². The fourth-order valence-electron chi connectivity index (χ4n) is 1.73. The zero-order valence-electron chi connectivity index (χ0n) is 9.36. The van der Waals surface area contributed by atoms with Crippen LogP contribution < -0.4 is 5.32 Å². The summed E-state index contributed by atoms with van der Waals surface area (Å²) in [4.78, 5) is 22.1. The van der Waals surface area contributed by atoms with Gasteiger partial charge in [-0.15, -0.1) is 0 Å². The zero-order chi connectivity index (χ0) is 12.2. The molecule has 16 heavy (non-hydrogen) atoms. The van der Waals surface area contributed by atoms with Crippen LogP contribution in [0.3, 0.4) is 0 Å². The van der Waals surface area contributed by atoms with Crippen molar-refractivity contribution >= 4 is 12.1 Å². The van der Waals surface area contributed by atoms with Crippen molar-refractivity contribution in [1.29, 1.82) is 0 Å². The lowest BCUT2D eigenvalue weighted by molar-refractivity contribution is -0.138. The fraction of sp³-hybridized carbons (Fsp3) is 0.636. The third-order valence-electron chi connectivity index (χ3n) is 2.72. The number of rotatable bonds is 6. The summed E-state index contributed by atoms with van der Waals surface area (Å²) in [6.45, 7) is 5.29. The highest BCUT2D eigenvalue weighted by atomic mass is 16.5. The molecule has 0 aromatic rings. The van der Waals surface area contributed by atoms with Crippen LogP contribution in [0, 0.1) is 5.92 Å². The minimum atomic E-state index is -0.918. The molecule has 5 nitrogen and oxygen atoms in total. The molecule has 1 aliphatic carbocycles. The normalized spacial score (nSPS) is 18.3. The van der Waals surface area contributed by atoms with Crippen molar-refractivity contribution in [2.24, 2.45) is 5.92 Å². The van der Waals surface area contributed by atoms with Crippen molar-refractivity contribution in [2.75, 3.05) is 6.61 Å². The van der Waals surface area contributed by atoms with E-state index in [1.807, 2.05) is 0 Å². The molecule has 2 N–H and O–H groups in total. The second-order valence-corrected chi connectivity index (χ2v) is 4.27. The summed E-state index contributed by atoms with van der Waals surface area (Å²) < 4.78 is 4.79. The summed E-state index contributed by atoms with van der Waals surface area (Å²) >= 11 is 0. The molecule has 1 amide bonds. The largest absolute Gasteiger partial charge is 0.481 e. The summed E-state index contributed by atoms with van der Waals surface area (Å²) in [5.41, 5.74) is -0.704. The Balaban J connectivity index is 2.53. The lowest BCUT2D eigenvalue weighted by atomic mass is 9.92. The van der Waals surface area contributed by atoms with E-state index in [0.29, 0.717) is 0 Å². The fourth-order valence-corrected chi connectivity index (χ4v) is 1.73. The predicted molar refractivity (Wildman–Crippen MR) is 58.1 cm³/mol. The van der Waals surface area contributed by atoms with Crippen molar-refractivity contribution in [3.63, 3.8) is 0 Å². The van der Waals surface area contributed by atoms with Crippen molar-refractivity contribution in [3.8, 4) is 0 Å². The summed E-state index contributed by atoms with van der Waals surface area (Å²) in [5, 5.41) is 11.4. The Kier molecular flexibility index (Phi) is 3.93. The topological polar surface area (TPSA) is 75.6 Å². The first kappa shape index (κ1) is 12.5. The highest BCUT2D eigenvalue weighted by Gasteiger charge is 2.44. The van der Waals surface area contributed by atoms with Crippen LogP contribution in [0.4, 0.5) is 4.79 Å². The molecule has 0 aliphatic heterocycles. The number of hydrogen-bond donors (Lipinski definition) is 2. The summed E-state index contributed by atoms with van der Waals surface area (Å²) in [5.74, 6) is -0.682. The standard InChI is InChI=1S/C11H17NO4/c1-3-6-16-10(15)12-11(2,7-9(13)14)8-4-5-8/h3,8H,1,4-7H2,2H3,(H,12,15)(H,13,14). The number of carboxylic acids is 1. The second-order valence-electron chi connectivity index (χ2n) is 4.27. The van der Waals surface area contributed by atoms with Crippen LogP contribution in [0.25, 0.3) is 0 Å². The number of ether oxygens (including phenoxy) is 1. The SMILES string of the molecule is C=CCOC(=O)NC(C)(CC(=O)O)C1CC1. The second kappa shape index (κ2) is 5.01. The average molecular weight is 227 g/mol. The van der Waals surface area contributed by atoms with Crippen LogP contribution in [-0.2, 0) is 9.53 Å². The Morgan fingerprint density at radius 3 is 2.69 bits per heavy atom. The van der Waals surface area contributed by atoms with Gasteiger partial charge in [0.15, 0.2) is 0 Å². The molecule has 1 fully saturated rings. The molecule has 1 aliphatic rings. The number of carbonyl (C=O) groups is 2. The van der Waals surface area contributed by atoms with Gasteiger partial charge in [-0.2, -0.15) is 0 Å². The maximum absolute atomic E-state index is 11.4. The highest BCUT2D eigenvalue weighted by molar-refractivity contribution is 5.72. The molecule has 0 aromatic heterocycles. The number of aliphatic carboxylic acids is 1. The van der Waals surface area contributed by atoms with Gasteiger partial charge in [0.1, 0.15) is 6.61 Å². The first-order chi connectivity index (χ1) is 7.48. The van der Waals surface area contributed by atoms with E-state index in [9.17, 15) is 9.59 Å². The zero-order valence-corrected chi connectivity index (χ0v) is 9.36. The Hall–Kier alpha value is -1.52. The molecule has 0 aromatic carbocycles. The van der Waals surface area contributed by atoms with Gasteiger partial charge >= 0.3 is 12.1 Å². The number of hydrogen-bond acceptors (Lipinski definition) is 3. The van der Waals surface area contributed by atoms with Gasteiger partial charge < -0.3 is 15.2 Å². The summed E-state index contributed by atoms with van der Waals surface area (Å²) in [6.07, 6.45) is 2.69. The molecular weight excluding hydrogens is 210 g/mol. The van der Waals surface area contributed by atoms with Gasteiger partial charge in [0.25, 0.3) is 0 Å². The molecule has 0 radical (unpaired) electrons. The molecule has 5 heteroatoms. The van der Waals surface area contributed by atoms with Gasteiger partial charge in [0, 0.05) is 0 Å². The Bertz CT molecular complexity index is 298. The van der Waals surface area contributed by atoms with Gasteiger partial charge in [0.2, 0.25) is 0 Å². The van der Waals surface area contributed by atoms with Crippen LogP contribution in [0.1, 0.15) is 26.2 Å². The van der Waals surface area contributed by atoms with Gasteiger partial charge in [-0.05, 0) is 25.7 Å². The number of amides is 1.